The topological polar surface area (TPSA) is 110 Å². The number of aliphatic carboxylic acids is 1. The number of nitrogens with zero attached hydrogens (tertiary/aromatic N) is 4. The lowest BCUT2D eigenvalue weighted by molar-refractivity contribution is -0.138. The highest BCUT2D eigenvalue weighted by Crippen LogP contribution is 2.18. The predicted octanol–water partition coefficient (Wildman–Crippen LogP) is 0.774. The zero-order valence-corrected chi connectivity index (χ0v) is 10.8. The van der Waals surface area contributed by atoms with E-state index in [1.165, 1.54) is 11.0 Å². The minimum absolute atomic E-state index is 0.0660. The molecule has 1 aromatic carbocycles. The van der Waals surface area contributed by atoms with Gasteiger partial charge in [-0.15, -0.1) is 5.10 Å². The van der Waals surface area contributed by atoms with Crippen molar-refractivity contribution in [2.75, 3.05) is 5.32 Å². The van der Waals surface area contributed by atoms with Gasteiger partial charge in [0.1, 0.15) is 6.33 Å². The first-order valence-electron chi connectivity index (χ1n) is 5.92. The summed E-state index contributed by atoms with van der Waals surface area (Å²) < 4.78 is 1.49. The fourth-order valence-corrected chi connectivity index (χ4v) is 1.65. The molecule has 104 valence electrons. The van der Waals surface area contributed by atoms with Crippen LogP contribution < -0.4 is 5.32 Å². The maximum absolute atomic E-state index is 11.6. The Balaban J connectivity index is 2.12. The molecule has 0 aliphatic heterocycles. The average molecular weight is 275 g/mol. The second kappa shape index (κ2) is 5.91. The number of aromatic nitrogens is 4. The first-order valence-corrected chi connectivity index (χ1v) is 5.92. The maximum Gasteiger partial charge on any atom is 0.303 e. The van der Waals surface area contributed by atoms with Crippen molar-refractivity contribution in [3.8, 4) is 5.69 Å². The van der Waals surface area contributed by atoms with Crippen molar-refractivity contribution in [2.45, 2.75) is 19.8 Å². The molecule has 1 aromatic heterocycles. The minimum atomic E-state index is -1.00. The SMILES string of the molecule is Cc1ccc(NC(=O)CCC(=O)O)cc1-n1cnnn1. The number of carbonyl (C=O) groups is 2. The number of amides is 1. The van der Waals surface area contributed by atoms with Crippen LogP contribution in [0.1, 0.15) is 18.4 Å². The van der Waals surface area contributed by atoms with Gasteiger partial charge < -0.3 is 10.4 Å². The van der Waals surface area contributed by atoms with E-state index >= 15 is 0 Å². The number of rotatable bonds is 5. The first-order chi connectivity index (χ1) is 9.56. The van der Waals surface area contributed by atoms with Gasteiger partial charge in [-0.3, -0.25) is 9.59 Å². The third-order valence-electron chi connectivity index (χ3n) is 2.65. The van der Waals surface area contributed by atoms with Crippen LogP contribution in [0, 0.1) is 6.92 Å². The Labute approximate surface area is 114 Å². The number of anilines is 1. The van der Waals surface area contributed by atoms with Gasteiger partial charge >= 0.3 is 5.97 Å². The zero-order chi connectivity index (χ0) is 14.5. The van der Waals surface area contributed by atoms with Gasteiger partial charge in [0.15, 0.2) is 0 Å². The van der Waals surface area contributed by atoms with E-state index in [0.29, 0.717) is 5.69 Å². The summed E-state index contributed by atoms with van der Waals surface area (Å²) in [7, 11) is 0. The lowest BCUT2D eigenvalue weighted by Gasteiger charge is -2.09. The summed E-state index contributed by atoms with van der Waals surface area (Å²) in [6, 6.07) is 5.29. The van der Waals surface area contributed by atoms with E-state index in [4.69, 9.17) is 5.11 Å². The van der Waals surface area contributed by atoms with E-state index in [-0.39, 0.29) is 18.7 Å². The molecular weight excluding hydrogens is 262 g/mol. The molecule has 8 nitrogen and oxygen atoms in total. The third-order valence-corrected chi connectivity index (χ3v) is 2.65. The van der Waals surface area contributed by atoms with Crippen LogP contribution in [0.4, 0.5) is 5.69 Å². The summed E-state index contributed by atoms with van der Waals surface area (Å²) in [4.78, 5) is 22.0. The maximum atomic E-state index is 11.6. The Morgan fingerprint density at radius 1 is 1.35 bits per heavy atom. The fraction of sp³-hybridized carbons (Fsp3) is 0.250. The Kier molecular flexibility index (Phi) is 4.04. The van der Waals surface area contributed by atoms with Gasteiger partial charge in [-0.1, -0.05) is 6.07 Å². The second-order valence-corrected chi connectivity index (χ2v) is 4.20. The van der Waals surface area contributed by atoms with Gasteiger partial charge in [0.2, 0.25) is 5.91 Å². The smallest absolute Gasteiger partial charge is 0.303 e. The molecule has 1 amide bonds. The number of hydrogen-bond acceptors (Lipinski definition) is 5. The molecule has 0 aliphatic carbocycles. The van der Waals surface area contributed by atoms with Crippen molar-refractivity contribution in [3.63, 3.8) is 0 Å². The monoisotopic (exact) mass is 275 g/mol. The van der Waals surface area contributed by atoms with E-state index in [9.17, 15) is 9.59 Å². The molecule has 2 rings (SSSR count). The van der Waals surface area contributed by atoms with Crippen LogP contribution in [0.15, 0.2) is 24.5 Å². The van der Waals surface area contributed by atoms with Gasteiger partial charge in [-0.05, 0) is 35.0 Å². The second-order valence-electron chi connectivity index (χ2n) is 4.20. The standard InChI is InChI=1S/C12H13N5O3/c1-8-2-3-9(14-11(18)4-5-12(19)20)6-10(8)17-7-13-15-16-17/h2-3,6-7H,4-5H2,1H3,(H,14,18)(H,19,20). The van der Waals surface area contributed by atoms with E-state index < -0.39 is 5.97 Å². The molecule has 0 bridgehead atoms. The Morgan fingerprint density at radius 2 is 2.15 bits per heavy atom. The number of carbonyl (C=O) groups excluding carboxylic acids is 1. The molecule has 1 heterocycles. The quantitative estimate of drug-likeness (QED) is 0.834. The van der Waals surface area contributed by atoms with Crippen molar-refractivity contribution in [1.82, 2.24) is 20.2 Å². The summed E-state index contributed by atoms with van der Waals surface area (Å²) in [5.74, 6) is -1.35. The third kappa shape index (κ3) is 3.37. The fourth-order valence-electron chi connectivity index (χ4n) is 1.65. The van der Waals surface area contributed by atoms with Crippen molar-refractivity contribution >= 4 is 17.6 Å². The van der Waals surface area contributed by atoms with Crippen molar-refractivity contribution in [1.29, 1.82) is 0 Å². The van der Waals surface area contributed by atoms with Gasteiger partial charge in [0.25, 0.3) is 0 Å². The molecule has 20 heavy (non-hydrogen) atoms. The number of tetrazole rings is 1. The molecule has 2 N–H and O–H groups in total. The molecule has 0 fully saturated rings. The van der Waals surface area contributed by atoms with Crippen LogP contribution in [0.25, 0.3) is 5.69 Å². The van der Waals surface area contributed by atoms with E-state index in [0.717, 1.165) is 11.3 Å². The largest absolute Gasteiger partial charge is 0.481 e. The van der Waals surface area contributed by atoms with Crippen LogP contribution in [-0.2, 0) is 9.59 Å². The van der Waals surface area contributed by atoms with Gasteiger partial charge in [0.05, 0.1) is 12.1 Å². The summed E-state index contributed by atoms with van der Waals surface area (Å²) in [6.45, 7) is 1.90. The van der Waals surface area contributed by atoms with E-state index in [2.05, 4.69) is 20.8 Å². The predicted molar refractivity (Wildman–Crippen MR) is 69.4 cm³/mol. The molecule has 0 saturated heterocycles. The zero-order valence-electron chi connectivity index (χ0n) is 10.8. The van der Waals surface area contributed by atoms with Crippen molar-refractivity contribution in [2.24, 2.45) is 0 Å². The molecule has 8 heteroatoms. The molecule has 0 unspecified atom stereocenters. The first kappa shape index (κ1) is 13.7. The number of nitrogens with one attached hydrogen (secondary N) is 1. The molecule has 0 saturated carbocycles. The summed E-state index contributed by atoms with van der Waals surface area (Å²) in [5.41, 5.74) is 2.25. The summed E-state index contributed by atoms with van der Waals surface area (Å²) in [6.07, 6.45) is 1.19. The lowest BCUT2D eigenvalue weighted by atomic mass is 10.1. The summed E-state index contributed by atoms with van der Waals surface area (Å²) >= 11 is 0. The minimum Gasteiger partial charge on any atom is -0.481 e. The number of carboxylic acid groups (broad SMARTS) is 1. The van der Waals surface area contributed by atoms with Crippen LogP contribution in [0.2, 0.25) is 0 Å². The van der Waals surface area contributed by atoms with Crippen LogP contribution in [0.5, 0.6) is 0 Å². The highest BCUT2D eigenvalue weighted by atomic mass is 16.4. The molecule has 0 atom stereocenters. The van der Waals surface area contributed by atoms with Crippen molar-refractivity contribution < 1.29 is 14.7 Å². The molecule has 0 aliphatic rings. The normalized spacial score (nSPS) is 10.2. The van der Waals surface area contributed by atoms with Crippen molar-refractivity contribution in [3.05, 3.63) is 30.1 Å². The van der Waals surface area contributed by atoms with Crippen LogP contribution in [0.3, 0.4) is 0 Å². The van der Waals surface area contributed by atoms with Crippen LogP contribution in [-0.4, -0.2) is 37.2 Å². The highest BCUT2D eigenvalue weighted by molar-refractivity contribution is 5.92. The average Bonchev–Trinajstić information content (AvgIpc) is 2.92. The van der Waals surface area contributed by atoms with E-state index in [1.54, 1.807) is 12.1 Å². The molecular formula is C12H13N5O3. The van der Waals surface area contributed by atoms with Gasteiger partial charge in [-0.2, -0.15) is 0 Å². The van der Waals surface area contributed by atoms with E-state index in [1.807, 2.05) is 13.0 Å². The number of benzene rings is 1. The van der Waals surface area contributed by atoms with Crippen LogP contribution >= 0.6 is 0 Å². The number of aryl methyl sites for hydroxylation is 1. The molecule has 0 radical (unpaired) electrons. The Bertz CT molecular complexity index is 624. The Hall–Kier alpha value is -2.77. The number of hydrogen-bond donors (Lipinski definition) is 2. The van der Waals surface area contributed by atoms with Gasteiger partial charge in [-0.25, -0.2) is 4.68 Å². The van der Waals surface area contributed by atoms with Gasteiger partial charge in [0, 0.05) is 12.1 Å². The molecule has 0 spiro atoms. The summed E-state index contributed by atoms with van der Waals surface area (Å²) in [5, 5.41) is 22.1. The lowest BCUT2D eigenvalue weighted by Crippen LogP contribution is -2.13. The number of carboxylic acids is 1. The Morgan fingerprint density at radius 3 is 2.80 bits per heavy atom. The molecule has 2 aromatic rings. The highest BCUT2D eigenvalue weighted by Gasteiger charge is 2.08.